The van der Waals surface area contributed by atoms with Crippen LogP contribution in [0.15, 0.2) is 30.4 Å². The SMILES string of the molecule is COC(=O)C(O)C(C)(O)C1[C@@H]2C#C/C=C\C#C[C@@H](O)[C@@]1(O)c1cc(O)c3c(c1N2)C(=O)c1c(ccc(O)c1O)C3=O. The van der Waals surface area contributed by atoms with Gasteiger partial charge in [0.25, 0.3) is 0 Å². The van der Waals surface area contributed by atoms with Gasteiger partial charge in [0.15, 0.2) is 23.4 Å². The molecule has 0 saturated carbocycles. The first-order valence-electron chi connectivity index (χ1n) is 12.2. The number of hydrogen-bond donors (Lipinski definition) is 8. The molecule has 2 aliphatic carbocycles. The van der Waals surface area contributed by atoms with E-state index in [1.807, 2.05) is 0 Å². The van der Waals surface area contributed by atoms with Gasteiger partial charge in [-0.15, -0.1) is 0 Å². The minimum absolute atomic E-state index is 0.303. The average molecular weight is 561 g/mol. The summed E-state index contributed by atoms with van der Waals surface area (Å²) in [4.78, 5) is 39.5. The maximum atomic E-state index is 13.8. The summed E-state index contributed by atoms with van der Waals surface area (Å²) < 4.78 is 4.56. The molecule has 0 saturated heterocycles. The lowest BCUT2D eigenvalue weighted by Crippen LogP contribution is -2.67. The standard InChI is InChI=1S/C29H23NO11/c1-28(39,26(37)27(38)41-2)25-14-7-5-3-4-6-8-17(33)29(25,40)13-11-16(32)19-20(21(13)30-14)24(36)18-12(22(19)34)9-10-15(31)23(18)35/h3-4,9-11,14,17,25-26,30-33,35,37,39-40H,1-2H3/b4-3-/t14-,17+,25?,26?,28?,29-/m0/s1. The molecule has 0 radical (unpaired) electrons. The third-order valence-electron chi connectivity index (χ3n) is 7.66. The highest BCUT2D eigenvalue weighted by molar-refractivity contribution is 6.32. The third-order valence-corrected chi connectivity index (χ3v) is 7.66. The second-order valence-corrected chi connectivity index (χ2v) is 9.97. The first-order valence-corrected chi connectivity index (χ1v) is 12.2. The Hall–Kier alpha value is -4.85. The van der Waals surface area contributed by atoms with Gasteiger partial charge in [-0.05, 0) is 37.3 Å². The Morgan fingerprint density at radius 3 is 2.37 bits per heavy atom. The molecule has 2 aromatic carbocycles. The zero-order valence-electron chi connectivity index (χ0n) is 21.5. The van der Waals surface area contributed by atoms with Crippen molar-refractivity contribution in [2.24, 2.45) is 5.92 Å². The first kappa shape index (κ1) is 27.7. The molecule has 0 fully saturated rings. The van der Waals surface area contributed by atoms with Crippen LogP contribution in [0.1, 0.15) is 44.3 Å². The summed E-state index contributed by atoms with van der Waals surface area (Å²) in [6.07, 6.45) is -1.80. The van der Waals surface area contributed by atoms with Crippen LogP contribution >= 0.6 is 0 Å². The number of carbonyl (C=O) groups is 3. The van der Waals surface area contributed by atoms with Gasteiger partial charge in [0, 0.05) is 11.1 Å². The fourth-order valence-electron chi connectivity index (χ4n) is 5.71. The van der Waals surface area contributed by atoms with Crippen LogP contribution in [0.5, 0.6) is 17.2 Å². The second kappa shape index (κ2) is 9.37. The van der Waals surface area contributed by atoms with Crippen molar-refractivity contribution in [3.8, 4) is 40.9 Å². The highest BCUT2D eigenvalue weighted by Crippen LogP contribution is 2.54. The van der Waals surface area contributed by atoms with Crippen LogP contribution in [-0.2, 0) is 15.1 Å². The van der Waals surface area contributed by atoms with E-state index in [1.54, 1.807) is 0 Å². The molecule has 12 nitrogen and oxygen atoms in total. The van der Waals surface area contributed by atoms with Crippen molar-refractivity contribution in [1.82, 2.24) is 0 Å². The smallest absolute Gasteiger partial charge is 0.337 e. The number of hydrogen-bond acceptors (Lipinski definition) is 12. The Kier molecular flexibility index (Phi) is 6.33. The van der Waals surface area contributed by atoms with Crippen molar-refractivity contribution in [3.05, 3.63) is 58.2 Å². The quantitative estimate of drug-likeness (QED) is 0.0871. The minimum atomic E-state index is -2.77. The van der Waals surface area contributed by atoms with Crippen LogP contribution in [0.25, 0.3) is 0 Å². The molecule has 0 spiro atoms. The number of phenols is 3. The summed E-state index contributed by atoms with van der Waals surface area (Å²) in [7, 11) is 0.959. The molecular weight excluding hydrogens is 538 g/mol. The van der Waals surface area contributed by atoms with Gasteiger partial charge in [-0.2, -0.15) is 0 Å². The van der Waals surface area contributed by atoms with Crippen molar-refractivity contribution in [2.45, 2.75) is 36.4 Å². The summed E-state index contributed by atoms with van der Waals surface area (Å²) in [5, 5.41) is 80.2. The van der Waals surface area contributed by atoms with Gasteiger partial charge in [0.1, 0.15) is 23.1 Å². The van der Waals surface area contributed by atoms with E-state index in [2.05, 4.69) is 33.7 Å². The number of aliphatic hydroxyl groups excluding tert-OH is 2. The van der Waals surface area contributed by atoms with Gasteiger partial charge in [-0.1, -0.05) is 23.7 Å². The Morgan fingerprint density at radius 1 is 1.05 bits per heavy atom. The number of allylic oxidation sites excluding steroid dienone is 2. The summed E-state index contributed by atoms with van der Waals surface area (Å²) in [6.45, 7) is 0.997. The molecule has 6 atom stereocenters. The fourth-order valence-corrected chi connectivity index (χ4v) is 5.71. The van der Waals surface area contributed by atoms with Gasteiger partial charge in [0.05, 0.1) is 41.4 Å². The van der Waals surface area contributed by atoms with Crippen molar-refractivity contribution in [2.75, 3.05) is 12.4 Å². The maximum absolute atomic E-state index is 13.8. The van der Waals surface area contributed by atoms with Crippen LogP contribution < -0.4 is 5.32 Å². The molecule has 2 aromatic rings. The summed E-state index contributed by atoms with van der Waals surface area (Å²) in [5.41, 5.74) is -8.01. The lowest BCUT2D eigenvalue weighted by atomic mass is 9.61. The predicted octanol–water partition coefficient (Wildman–Crippen LogP) is -0.601. The molecule has 3 aliphatic rings. The Morgan fingerprint density at radius 2 is 1.71 bits per heavy atom. The number of anilines is 1. The second-order valence-electron chi connectivity index (χ2n) is 9.97. The van der Waals surface area contributed by atoms with Crippen LogP contribution in [-0.4, -0.2) is 84.2 Å². The molecule has 12 heteroatoms. The van der Waals surface area contributed by atoms with E-state index in [9.17, 15) is 50.1 Å². The molecule has 1 heterocycles. The zero-order chi connectivity index (χ0) is 30.0. The molecule has 0 amide bonds. The van der Waals surface area contributed by atoms with Crippen LogP contribution in [0.4, 0.5) is 5.69 Å². The number of benzene rings is 2. The number of aromatic hydroxyl groups is 3. The number of aliphatic hydroxyl groups is 4. The molecule has 8 N–H and O–H groups in total. The first-order chi connectivity index (χ1) is 19.3. The van der Waals surface area contributed by atoms with Crippen molar-refractivity contribution in [1.29, 1.82) is 0 Å². The zero-order valence-corrected chi connectivity index (χ0v) is 21.5. The normalized spacial score (nSPS) is 26.6. The number of nitrogens with one attached hydrogen (secondary N) is 1. The number of phenolic OH excluding ortho intramolecular Hbond substituents is 3. The molecule has 0 aromatic heterocycles. The lowest BCUT2D eigenvalue weighted by molar-refractivity contribution is -0.207. The van der Waals surface area contributed by atoms with E-state index >= 15 is 0 Å². The van der Waals surface area contributed by atoms with E-state index in [0.717, 1.165) is 32.2 Å². The predicted molar refractivity (Wildman–Crippen MR) is 139 cm³/mol. The van der Waals surface area contributed by atoms with Crippen molar-refractivity contribution < 1.29 is 54.9 Å². The maximum Gasteiger partial charge on any atom is 0.337 e. The van der Waals surface area contributed by atoms with Gasteiger partial charge < -0.3 is 45.8 Å². The summed E-state index contributed by atoms with van der Waals surface area (Å²) in [5.74, 6) is 2.82. The summed E-state index contributed by atoms with van der Waals surface area (Å²) in [6, 6.07) is 1.55. The number of carbonyl (C=O) groups excluding carboxylic acids is 3. The Bertz CT molecular complexity index is 1700. The topological polar surface area (TPSA) is 214 Å². The molecule has 41 heavy (non-hydrogen) atoms. The number of fused-ring (bicyclic) bond motifs is 7. The molecule has 3 unspecified atom stereocenters. The fraction of sp³-hybridized carbons (Fsp3) is 0.276. The van der Waals surface area contributed by atoms with Crippen LogP contribution in [0.3, 0.4) is 0 Å². The van der Waals surface area contributed by atoms with Gasteiger partial charge in [0.2, 0.25) is 5.78 Å². The van der Waals surface area contributed by atoms with Crippen molar-refractivity contribution >= 4 is 23.2 Å². The molecule has 210 valence electrons. The van der Waals surface area contributed by atoms with Crippen molar-refractivity contribution in [3.63, 3.8) is 0 Å². The Balaban J connectivity index is 1.87. The minimum Gasteiger partial charge on any atom is -0.507 e. The van der Waals surface area contributed by atoms with Crippen LogP contribution in [0.2, 0.25) is 0 Å². The highest BCUT2D eigenvalue weighted by atomic mass is 16.5. The average Bonchev–Trinajstić information content (AvgIpc) is 2.93. The number of methoxy groups -OCH3 is 1. The van der Waals surface area contributed by atoms with Gasteiger partial charge in [-0.25, -0.2) is 4.79 Å². The van der Waals surface area contributed by atoms with Gasteiger partial charge >= 0.3 is 5.97 Å². The van der Waals surface area contributed by atoms with E-state index in [1.165, 1.54) is 12.2 Å². The van der Waals surface area contributed by atoms with E-state index in [4.69, 9.17) is 0 Å². The van der Waals surface area contributed by atoms with Crippen LogP contribution in [0, 0.1) is 29.6 Å². The Labute approximate surface area is 232 Å². The van der Waals surface area contributed by atoms with E-state index < -0.39 is 92.4 Å². The lowest BCUT2D eigenvalue weighted by Gasteiger charge is -2.52. The number of esters is 1. The monoisotopic (exact) mass is 561 g/mol. The van der Waals surface area contributed by atoms with E-state index in [-0.39, 0.29) is 11.3 Å². The molecule has 2 bridgehead atoms. The highest BCUT2D eigenvalue weighted by Gasteiger charge is 2.63. The van der Waals surface area contributed by atoms with E-state index in [0.29, 0.717) is 0 Å². The molecule has 5 rings (SSSR count). The molecule has 1 aliphatic heterocycles. The van der Waals surface area contributed by atoms with Gasteiger partial charge in [-0.3, -0.25) is 9.59 Å². The number of rotatable bonds is 3. The number of ether oxygens (including phenoxy) is 1. The molecular formula is C29H23NO11. The number of ketones is 2. The summed E-state index contributed by atoms with van der Waals surface area (Å²) >= 11 is 0. The third kappa shape index (κ3) is 3.78. The largest absolute Gasteiger partial charge is 0.507 e.